The first-order valence-electron chi connectivity index (χ1n) is 9.27. The maximum Gasteiger partial charge on any atom is 0.152 e. The largest absolute Gasteiger partial charge is 0.375 e. The fraction of sp³-hybridized carbons (Fsp3) is 0.400. The van der Waals surface area contributed by atoms with Crippen LogP contribution in [0.5, 0.6) is 0 Å². The van der Waals surface area contributed by atoms with E-state index in [4.69, 9.17) is 4.74 Å². The molecule has 2 atom stereocenters. The van der Waals surface area contributed by atoms with Gasteiger partial charge in [-0.25, -0.2) is 0 Å². The zero-order valence-corrected chi connectivity index (χ0v) is 15.2. The summed E-state index contributed by atoms with van der Waals surface area (Å²) in [6, 6.07) is 8.43. The Morgan fingerprint density at radius 1 is 1.26 bits per heavy atom. The van der Waals surface area contributed by atoms with E-state index in [1.807, 2.05) is 37.6 Å². The normalized spacial score (nSPS) is 22.0. The first-order chi connectivity index (χ1) is 13.1. The minimum absolute atomic E-state index is 0.180. The van der Waals surface area contributed by atoms with Crippen molar-refractivity contribution < 1.29 is 9.53 Å². The summed E-state index contributed by atoms with van der Waals surface area (Å²) in [5.41, 5.74) is 3.68. The van der Waals surface area contributed by atoms with Crippen molar-refractivity contribution >= 4 is 16.7 Å². The van der Waals surface area contributed by atoms with Gasteiger partial charge in [0.05, 0.1) is 43.1 Å². The monoisotopic (exact) mass is 363 g/mol. The number of Topliss-reactive ketones (excluding diaryl/α,β-unsaturated/α-hetero) is 1. The van der Waals surface area contributed by atoms with Crippen molar-refractivity contribution in [3.8, 4) is 11.1 Å². The highest BCUT2D eigenvalue weighted by Gasteiger charge is 2.39. The molecule has 0 spiro atoms. The summed E-state index contributed by atoms with van der Waals surface area (Å²) in [6.07, 6.45) is 5.50. The van der Waals surface area contributed by atoms with Crippen LogP contribution in [0.3, 0.4) is 0 Å². The number of hydrogen-bond donors (Lipinski definition) is 0. The molecular formula is C20H21N5O2. The number of morpholine rings is 1. The number of carbonyl (C=O) groups excluding carboxylic acids is 1. The fourth-order valence-electron chi connectivity index (χ4n) is 4.08. The highest BCUT2D eigenvalue weighted by molar-refractivity contribution is 5.86. The Hall–Kier alpha value is -2.64. The molecule has 2 aliphatic rings. The molecule has 138 valence electrons. The molecule has 2 aromatic heterocycles. The lowest BCUT2D eigenvalue weighted by atomic mass is 10.1. The van der Waals surface area contributed by atoms with Crippen molar-refractivity contribution in [1.29, 1.82) is 0 Å². The van der Waals surface area contributed by atoms with Crippen LogP contribution < -0.4 is 0 Å². The third-order valence-corrected chi connectivity index (χ3v) is 5.45. The van der Waals surface area contributed by atoms with Gasteiger partial charge in [-0.1, -0.05) is 6.07 Å². The van der Waals surface area contributed by atoms with Crippen molar-refractivity contribution in [2.75, 3.05) is 19.7 Å². The summed E-state index contributed by atoms with van der Waals surface area (Å²) in [5, 5.41) is 13.7. The average molecular weight is 363 g/mol. The lowest BCUT2D eigenvalue weighted by Gasteiger charge is -2.25. The number of fused-ring (bicyclic) bond motifs is 3. The van der Waals surface area contributed by atoms with Gasteiger partial charge in [-0.3, -0.25) is 14.4 Å². The van der Waals surface area contributed by atoms with Gasteiger partial charge in [0, 0.05) is 36.8 Å². The van der Waals surface area contributed by atoms with Crippen molar-refractivity contribution in [1.82, 2.24) is 24.9 Å². The van der Waals surface area contributed by atoms with Crippen LogP contribution >= 0.6 is 0 Å². The van der Waals surface area contributed by atoms with Crippen LogP contribution in [0.15, 0.2) is 36.7 Å². The number of likely N-dealkylation sites (tertiary alicyclic amines) is 1. The summed E-state index contributed by atoms with van der Waals surface area (Å²) >= 11 is 0. The predicted molar refractivity (Wildman–Crippen MR) is 100 cm³/mol. The highest BCUT2D eigenvalue weighted by atomic mass is 16.5. The number of benzene rings is 1. The molecular weight excluding hydrogens is 342 g/mol. The van der Waals surface area contributed by atoms with Crippen LogP contribution in [0.1, 0.15) is 12.1 Å². The smallest absolute Gasteiger partial charge is 0.152 e. The molecule has 7 heteroatoms. The zero-order valence-electron chi connectivity index (χ0n) is 15.2. The quantitative estimate of drug-likeness (QED) is 0.686. The number of rotatable bonds is 5. The van der Waals surface area contributed by atoms with E-state index in [2.05, 4.69) is 26.3 Å². The predicted octanol–water partition coefficient (Wildman–Crippen LogP) is 1.61. The molecule has 0 unspecified atom stereocenters. The Bertz CT molecular complexity index is 1010. The van der Waals surface area contributed by atoms with Gasteiger partial charge in [-0.05, 0) is 30.2 Å². The van der Waals surface area contributed by atoms with Crippen LogP contribution in [-0.4, -0.2) is 62.5 Å². The molecule has 0 radical (unpaired) electrons. The lowest BCUT2D eigenvalue weighted by Crippen LogP contribution is -2.40. The number of hydrogen-bond acceptors (Lipinski definition) is 6. The van der Waals surface area contributed by atoms with Gasteiger partial charge < -0.3 is 4.74 Å². The first kappa shape index (κ1) is 16.5. The van der Waals surface area contributed by atoms with Gasteiger partial charge in [0.2, 0.25) is 0 Å². The van der Waals surface area contributed by atoms with Gasteiger partial charge in [-0.15, -0.1) is 0 Å². The fourth-order valence-corrected chi connectivity index (χ4v) is 4.08. The molecule has 4 heterocycles. The first-order valence-corrected chi connectivity index (χ1v) is 9.27. The Balaban J connectivity index is 1.33. The molecule has 0 N–H and O–H groups in total. The average Bonchev–Trinajstić information content (AvgIpc) is 3.38. The van der Waals surface area contributed by atoms with E-state index >= 15 is 0 Å². The number of carbonyl (C=O) groups is 1. The Morgan fingerprint density at radius 3 is 2.93 bits per heavy atom. The van der Waals surface area contributed by atoms with Crippen molar-refractivity contribution in [2.45, 2.75) is 25.0 Å². The van der Waals surface area contributed by atoms with Crippen LogP contribution in [-0.2, 0) is 23.0 Å². The van der Waals surface area contributed by atoms with Gasteiger partial charge in [0.25, 0.3) is 0 Å². The minimum Gasteiger partial charge on any atom is -0.375 e. The van der Waals surface area contributed by atoms with Crippen molar-refractivity contribution in [2.24, 2.45) is 7.05 Å². The lowest BCUT2D eigenvalue weighted by molar-refractivity contribution is -0.120. The summed E-state index contributed by atoms with van der Waals surface area (Å²) in [4.78, 5) is 14.8. The molecule has 2 bridgehead atoms. The van der Waals surface area contributed by atoms with Crippen molar-refractivity contribution in [3.63, 3.8) is 0 Å². The Kier molecular flexibility index (Phi) is 3.98. The second-order valence-electron chi connectivity index (χ2n) is 7.50. The molecule has 2 saturated heterocycles. The zero-order chi connectivity index (χ0) is 18.4. The van der Waals surface area contributed by atoms with Crippen LogP contribution in [0.4, 0.5) is 0 Å². The van der Waals surface area contributed by atoms with E-state index in [0.717, 1.165) is 47.3 Å². The maximum absolute atomic E-state index is 12.5. The summed E-state index contributed by atoms with van der Waals surface area (Å²) in [5.74, 6) is 0.180. The van der Waals surface area contributed by atoms with Gasteiger partial charge in [0.15, 0.2) is 5.78 Å². The summed E-state index contributed by atoms with van der Waals surface area (Å²) in [7, 11) is 1.90. The van der Waals surface area contributed by atoms with E-state index in [0.29, 0.717) is 25.1 Å². The Morgan fingerprint density at radius 2 is 2.19 bits per heavy atom. The standard InChI is InChI=1S/C20H21N5O2/c1-24-9-15(8-21-24)13-2-3-20-14(4-13)5-16(22-23-20)6-18(26)10-25-11-19-7-17(25)12-27-19/h2-5,8-9,17,19H,6-7,10-12H2,1H3/t17-,19-/m1/s1. The molecule has 5 rings (SSSR count). The van der Waals surface area contributed by atoms with Crippen LogP contribution in [0, 0.1) is 0 Å². The van der Waals surface area contributed by atoms with Crippen LogP contribution in [0.25, 0.3) is 22.0 Å². The highest BCUT2D eigenvalue weighted by Crippen LogP contribution is 2.27. The van der Waals surface area contributed by atoms with Crippen molar-refractivity contribution in [3.05, 3.63) is 42.4 Å². The number of ketones is 1. The van der Waals surface area contributed by atoms with E-state index in [9.17, 15) is 4.79 Å². The molecule has 3 aromatic rings. The number of nitrogens with zero attached hydrogens (tertiary/aromatic N) is 5. The number of aromatic nitrogens is 4. The Labute approximate surface area is 156 Å². The minimum atomic E-state index is 0.180. The molecule has 2 fully saturated rings. The van der Waals surface area contributed by atoms with Crippen LogP contribution in [0.2, 0.25) is 0 Å². The molecule has 0 amide bonds. The third-order valence-electron chi connectivity index (χ3n) is 5.45. The van der Waals surface area contributed by atoms with Gasteiger partial charge >= 0.3 is 0 Å². The topological polar surface area (TPSA) is 73.1 Å². The van der Waals surface area contributed by atoms with E-state index in [1.54, 1.807) is 4.68 Å². The molecule has 0 saturated carbocycles. The molecule has 2 aliphatic heterocycles. The second kappa shape index (κ2) is 6.51. The molecule has 1 aromatic carbocycles. The molecule has 7 nitrogen and oxygen atoms in total. The number of ether oxygens (including phenoxy) is 1. The molecule has 27 heavy (non-hydrogen) atoms. The third kappa shape index (κ3) is 3.24. The summed E-state index contributed by atoms with van der Waals surface area (Å²) in [6.45, 7) is 2.10. The van der Waals surface area contributed by atoms with E-state index < -0.39 is 0 Å². The van der Waals surface area contributed by atoms with Gasteiger partial charge in [0.1, 0.15) is 0 Å². The number of aryl methyl sites for hydroxylation is 1. The van der Waals surface area contributed by atoms with E-state index in [1.165, 1.54) is 0 Å². The summed E-state index contributed by atoms with van der Waals surface area (Å²) < 4.78 is 7.38. The SMILES string of the molecule is Cn1cc(-c2ccc3nnc(CC(=O)CN4C[C@H]5C[C@@H]4CO5)cc3c2)cn1. The maximum atomic E-state index is 12.5. The van der Waals surface area contributed by atoms with Gasteiger partial charge in [-0.2, -0.15) is 15.3 Å². The van der Waals surface area contributed by atoms with E-state index in [-0.39, 0.29) is 5.78 Å². The second-order valence-corrected chi connectivity index (χ2v) is 7.50. The molecule has 0 aliphatic carbocycles.